The molecule has 114 valence electrons. The molecule has 0 radical (unpaired) electrons. The van der Waals surface area contributed by atoms with Gasteiger partial charge in [-0.1, -0.05) is 42.5 Å². The molecule has 1 N–H and O–H groups in total. The average molecular weight is 293 g/mol. The van der Waals surface area contributed by atoms with Crippen molar-refractivity contribution < 1.29 is 0 Å². The van der Waals surface area contributed by atoms with Crippen molar-refractivity contribution in [3.8, 4) is 6.07 Å². The topological polar surface area (TPSA) is 39.1 Å². The number of hydrogen-bond acceptors (Lipinski definition) is 3. The summed E-state index contributed by atoms with van der Waals surface area (Å²) in [6.07, 6.45) is 1.11. The van der Waals surface area contributed by atoms with Gasteiger partial charge in [0, 0.05) is 13.1 Å². The fraction of sp³-hybridized carbons (Fsp3) is 0.316. The lowest BCUT2D eigenvalue weighted by Gasteiger charge is -2.16. The maximum atomic E-state index is 8.88. The molecule has 0 heterocycles. The molecule has 0 aliphatic heterocycles. The van der Waals surface area contributed by atoms with Crippen molar-refractivity contribution in [3.63, 3.8) is 0 Å². The fourth-order valence-electron chi connectivity index (χ4n) is 2.43. The molecule has 0 aliphatic rings. The summed E-state index contributed by atoms with van der Waals surface area (Å²) in [5.74, 6) is 0. The number of nitrogens with one attached hydrogen (secondary N) is 1. The van der Waals surface area contributed by atoms with Crippen LogP contribution < -0.4 is 5.32 Å². The zero-order valence-corrected chi connectivity index (χ0v) is 13.1. The molecule has 3 heteroatoms. The van der Waals surface area contributed by atoms with Crippen LogP contribution in [0.4, 0.5) is 0 Å². The predicted octanol–water partition coefficient (Wildman–Crippen LogP) is 3.17. The third-order valence-corrected chi connectivity index (χ3v) is 3.57. The van der Waals surface area contributed by atoms with Crippen LogP contribution in [0.25, 0.3) is 0 Å². The van der Waals surface area contributed by atoms with Crippen molar-refractivity contribution in [3.05, 3.63) is 71.3 Å². The van der Waals surface area contributed by atoms with E-state index in [9.17, 15) is 0 Å². The summed E-state index contributed by atoms with van der Waals surface area (Å²) < 4.78 is 0. The van der Waals surface area contributed by atoms with Crippen molar-refractivity contribution in [2.24, 2.45) is 0 Å². The van der Waals surface area contributed by atoms with Crippen LogP contribution in [0.15, 0.2) is 54.6 Å². The van der Waals surface area contributed by atoms with Gasteiger partial charge in [-0.05, 0) is 49.8 Å². The molecular formula is C19H23N3. The predicted molar refractivity (Wildman–Crippen MR) is 90.3 cm³/mol. The van der Waals surface area contributed by atoms with Crippen molar-refractivity contribution in [2.45, 2.75) is 19.5 Å². The second kappa shape index (κ2) is 8.99. The fourth-order valence-corrected chi connectivity index (χ4v) is 2.43. The van der Waals surface area contributed by atoms with Gasteiger partial charge >= 0.3 is 0 Å². The lowest BCUT2D eigenvalue weighted by molar-refractivity contribution is 0.319. The van der Waals surface area contributed by atoms with E-state index < -0.39 is 0 Å². The van der Waals surface area contributed by atoms with Gasteiger partial charge in [-0.3, -0.25) is 0 Å². The van der Waals surface area contributed by atoms with Gasteiger partial charge in [0.2, 0.25) is 0 Å². The minimum absolute atomic E-state index is 0.724. The van der Waals surface area contributed by atoms with Crippen molar-refractivity contribution >= 4 is 0 Å². The average Bonchev–Trinajstić information content (AvgIpc) is 2.55. The monoisotopic (exact) mass is 293 g/mol. The minimum Gasteiger partial charge on any atom is -0.313 e. The van der Waals surface area contributed by atoms with Crippen LogP contribution in [0, 0.1) is 11.3 Å². The molecule has 0 amide bonds. The Balaban J connectivity index is 1.62. The zero-order valence-electron chi connectivity index (χ0n) is 13.1. The highest BCUT2D eigenvalue weighted by Gasteiger charge is 2.00. The van der Waals surface area contributed by atoms with Crippen molar-refractivity contribution in [1.29, 1.82) is 5.26 Å². The smallest absolute Gasteiger partial charge is 0.0991 e. The van der Waals surface area contributed by atoms with Gasteiger partial charge in [0.05, 0.1) is 11.6 Å². The van der Waals surface area contributed by atoms with Gasteiger partial charge in [-0.2, -0.15) is 5.26 Å². The second-order valence-corrected chi connectivity index (χ2v) is 5.57. The quantitative estimate of drug-likeness (QED) is 0.760. The van der Waals surface area contributed by atoms with Crippen LogP contribution in [0.3, 0.4) is 0 Å². The van der Waals surface area contributed by atoms with E-state index in [0.29, 0.717) is 0 Å². The molecule has 0 bridgehead atoms. The highest BCUT2D eigenvalue weighted by atomic mass is 15.1. The normalized spacial score (nSPS) is 10.6. The largest absolute Gasteiger partial charge is 0.313 e. The third-order valence-electron chi connectivity index (χ3n) is 3.57. The standard InChI is InChI=1S/C19H23N3/c1-22(16-17-7-3-2-4-8-17)12-6-11-21-15-19-10-5-9-18(13-19)14-20/h2-5,7-10,13,21H,6,11-12,15-16H2,1H3. The number of benzene rings is 2. The Morgan fingerprint density at radius 2 is 1.82 bits per heavy atom. The van der Waals surface area contributed by atoms with E-state index in [1.54, 1.807) is 0 Å². The molecule has 0 aromatic heterocycles. The molecular weight excluding hydrogens is 270 g/mol. The first-order valence-electron chi connectivity index (χ1n) is 7.70. The highest BCUT2D eigenvalue weighted by molar-refractivity contribution is 5.32. The van der Waals surface area contributed by atoms with Gasteiger partial charge in [0.25, 0.3) is 0 Å². The minimum atomic E-state index is 0.724. The van der Waals surface area contributed by atoms with E-state index in [2.05, 4.69) is 59.7 Å². The Labute approximate surface area is 133 Å². The zero-order chi connectivity index (χ0) is 15.6. The molecule has 0 saturated carbocycles. The van der Waals surface area contributed by atoms with Gasteiger partial charge in [0.1, 0.15) is 0 Å². The number of hydrogen-bond donors (Lipinski definition) is 1. The van der Waals surface area contributed by atoms with Gasteiger partial charge in [-0.15, -0.1) is 0 Å². The number of nitriles is 1. The van der Waals surface area contributed by atoms with Crippen LogP contribution in [-0.2, 0) is 13.1 Å². The lowest BCUT2D eigenvalue weighted by atomic mass is 10.1. The maximum Gasteiger partial charge on any atom is 0.0991 e. The van der Waals surface area contributed by atoms with Crippen LogP contribution in [-0.4, -0.2) is 25.0 Å². The van der Waals surface area contributed by atoms with Crippen LogP contribution >= 0.6 is 0 Å². The lowest BCUT2D eigenvalue weighted by Crippen LogP contribution is -2.23. The molecule has 0 spiro atoms. The van der Waals surface area contributed by atoms with E-state index in [4.69, 9.17) is 5.26 Å². The van der Waals surface area contributed by atoms with Gasteiger partial charge in [0.15, 0.2) is 0 Å². The van der Waals surface area contributed by atoms with E-state index in [1.165, 1.54) is 5.56 Å². The maximum absolute atomic E-state index is 8.88. The summed E-state index contributed by atoms with van der Waals surface area (Å²) in [4.78, 5) is 2.34. The molecule has 0 atom stereocenters. The molecule has 3 nitrogen and oxygen atoms in total. The molecule has 0 fully saturated rings. The van der Waals surface area contributed by atoms with E-state index in [0.717, 1.165) is 43.7 Å². The first-order chi connectivity index (χ1) is 10.8. The second-order valence-electron chi connectivity index (χ2n) is 5.57. The molecule has 2 aromatic carbocycles. The Morgan fingerprint density at radius 1 is 1.05 bits per heavy atom. The third kappa shape index (κ3) is 5.69. The van der Waals surface area contributed by atoms with E-state index in [-0.39, 0.29) is 0 Å². The molecule has 0 unspecified atom stereocenters. The molecule has 2 aromatic rings. The number of nitrogens with zero attached hydrogens (tertiary/aromatic N) is 2. The van der Waals surface area contributed by atoms with Crippen molar-refractivity contribution in [1.82, 2.24) is 10.2 Å². The highest BCUT2D eigenvalue weighted by Crippen LogP contribution is 2.04. The van der Waals surface area contributed by atoms with Crippen LogP contribution in [0.1, 0.15) is 23.1 Å². The first-order valence-corrected chi connectivity index (χ1v) is 7.70. The van der Waals surface area contributed by atoms with Crippen LogP contribution in [0.2, 0.25) is 0 Å². The Hall–Kier alpha value is -2.15. The summed E-state index contributed by atoms with van der Waals surface area (Å²) in [6, 6.07) is 20.5. The van der Waals surface area contributed by atoms with Crippen LogP contribution in [0.5, 0.6) is 0 Å². The Bertz CT molecular complexity index is 602. The molecule has 22 heavy (non-hydrogen) atoms. The van der Waals surface area contributed by atoms with Gasteiger partial charge < -0.3 is 10.2 Å². The summed E-state index contributed by atoms with van der Waals surface area (Å²) >= 11 is 0. The SMILES string of the molecule is CN(CCCNCc1cccc(C#N)c1)Cc1ccccc1. The van der Waals surface area contributed by atoms with E-state index in [1.807, 2.05) is 18.2 Å². The van der Waals surface area contributed by atoms with Crippen molar-refractivity contribution in [2.75, 3.05) is 20.1 Å². The Kier molecular flexibility index (Phi) is 6.63. The van der Waals surface area contributed by atoms with E-state index >= 15 is 0 Å². The van der Waals surface area contributed by atoms with Gasteiger partial charge in [-0.25, -0.2) is 0 Å². The summed E-state index contributed by atoms with van der Waals surface area (Å²) in [5, 5.41) is 12.3. The first kappa shape index (κ1) is 16.2. The summed E-state index contributed by atoms with van der Waals surface area (Å²) in [6.45, 7) is 3.86. The molecule has 0 aliphatic carbocycles. The molecule has 2 rings (SSSR count). The Morgan fingerprint density at radius 3 is 2.59 bits per heavy atom. The summed E-state index contributed by atoms with van der Waals surface area (Å²) in [7, 11) is 2.16. The summed E-state index contributed by atoms with van der Waals surface area (Å²) in [5.41, 5.74) is 3.24. The molecule has 0 saturated heterocycles. The number of rotatable bonds is 8.